The normalized spacial score (nSPS) is 15.5. The van der Waals surface area contributed by atoms with Crippen LogP contribution in [0.15, 0.2) is 64.9 Å². The van der Waals surface area contributed by atoms with Gasteiger partial charge in [0.1, 0.15) is 18.3 Å². The lowest BCUT2D eigenvalue weighted by Crippen LogP contribution is -2.42. The molecule has 1 aliphatic heterocycles. The average Bonchev–Trinajstić information content (AvgIpc) is 3.35. The van der Waals surface area contributed by atoms with E-state index in [0.717, 1.165) is 15.8 Å². The van der Waals surface area contributed by atoms with Gasteiger partial charge in [-0.15, -0.1) is 5.10 Å². The second-order valence-electron chi connectivity index (χ2n) is 8.34. The van der Waals surface area contributed by atoms with E-state index >= 15 is 0 Å². The number of sulfonamides is 1. The molecule has 0 radical (unpaired) electrons. The molecule has 3 aromatic heterocycles. The first-order valence-corrected chi connectivity index (χ1v) is 13.7. The van der Waals surface area contributed by atoms with Gasteiger partial charge in [-0.05, 0) is 36.6 Å². The number of fused-ring (bicyclic) bond motifs is 1. The molecule has 1 aliphatic rings. The maximum absolute atomic E-state index is 12.7. The molecule has 0 atom stereocenters. The molecule has 35 heavy (non-hydrogen) atoms. The van der Waals surface area contributed by atoms with E-state index < -0.39 is 10.0 Å². The van der Waals surface area contributed by atoms with E-state index in [9.17, 15) is 13.2 Å². The van der Waals surface area contributed by atoms with Crippen LogP contribution in [0.5, 0.6) is 0 Å². The summed E-state index contributed by atoms with van der Waals surface area (Å²) in [6.45, 7) is 1.29. The van der Waals surface area contributed by atoms with Crippen LogP contribution in [0.25, 0.3) is 11.0 Å². The third kappa shape index (κ3) is 5.52. The fraction of sp³-hybridized carbons (Fsp3) is 0.318. The Morgan fingerprint density at radius 3 is 2.57 bits per heavy atom. The molecular formula is C22H24N8O3S2. The number of benzene rings is 1. The van der Waals surface area contributed by atoms with Gasteiger partial charge in [0.05, 0.1) is 12.8 Å². The second-order valence-corrected chi connectivity index (χ2v) is 11.4. The van der Waals surface area contributed by atoms with Crippen LogP contribution >= 0.6 is 11.9 Å². The van der Waals surface area contributed by atoms with Gasteiger partial charge in [-0.1, -0.05) is 12.1 Å². The second kappa shape index (κ2) is 9.76. The summed E-state index contributed by atoms with van der Waals surface area (Å²) in [5.74, 6) is 0.425. The van der Waals surface area contributed by atoms with Crippen molar-refractivity contribution in [1.29, 1.82) is 0 Å². The van der Waals surface area contributed by atoms with Gasteiger partial charge >= 0.3 is 0 Å². The molecule has 4 aromatic rings. The monoisotopic (exact) mass is 512 g/mol. The summed E-state index contributed by atoms with van der Waals surface area (Å²) in [7, 11) is -3.18. The van der Waals surface area contributed by atoms with Gasteiger partial charge in [0, 0.05) is 53.6 Å². The highest BCUT2D eigenvalue weighted by Gasteiger charge is 2.25. The quantitative estimate of drug-likeness (QED) is 0.394. The van der Waals surface area contributed by atoms with Crippen LogP contribution in [0.1, 0.15) is 18.4 Å². The lowest BCUT2D eigenvalue weighted by atomic mass is 10.1. The number of rotatable bonds is 7. The summed E-state index contributed by atoms with van der Waals surface area (Å²) in [5, 5.41) is 8.16. The largest absolute Gasteiger partial charge is 0.351 e. The number of nitrogens with one attached hydrogen (secondary N) is 1. The van der Waals surface area contributed by atoms with Crippen molar-refractivity contribution in [3.63, 3.8) is 0 Å². The lowest BCUT2D eigenvalue weighted by molar-refractivity contribution is 0.331. The van der Waals surface area contributed by atoms with E-state index in [1.165, 1.54) is 34.9 Å². The minimum Gasteiger partial charge on any atom is -0.351 e. The van der Waals surface area contributed by atoms with Crippen molar-refractivity contribution in [3.8, 4) is 0 Å². The van der Waals surface area contributed by atoms with Gasteiger partial charge in [-0.25, -0.2) is 22.7 Å². The van der Waals surface area contributed by atoms with Crippen LogP contribution in [-0.2, 0) is 16.6 Å². The Hall–Kier alpha value is -3.29. The highest BCUT2D eigenvalue weighted by atomic mass is 32.2. The fourth-order valence-corrected chi connectivity index (χ4v) is 5.54. The van der Waals surface area contributed by atoms with Crippen LogP contribution in [0.4, 0.5) is 5.95 Å². The van der Waals surface area contributed by atoms with Crippen molar-refractivity contribution in [1.82, 2.24) is 33.0 Å². The molecular weight excluding hydrogens is 488 g/mol. The van der Waals surface area contributed by atoms with E-state index in [4.69, 9.17) is 0 Å². The first-order chi connectivity index (χ1) is 16.8. The van der Waals surface area contributed by atoms with Crippen molar-refractivity contribution in [2.45, 2.75) is 30.3 Å². The molecule has 1 N–H and O–H groups in total. The minimum absolute atomic E-state index is 0.0596. The Morgan fingerprint density at radius 2 is 1.89 bits per heavy atom. The van der Waals surface area contributed by atoms with Crippen molar-refractivity contribution >= 4 is 39.0 Å². The Labute approximate surface area is 206 Å². The van der Waals surface area contributed by atoms with E-state index in [1.54, 1.807) is 27.2 Å². The van der Waals surface area contributed by atoms with Gasteiger partial charge in [0.25, 0.3) is 5.56 Å². The van der Waals surface area contributed by atoms with Crippen molar-refractivity contribution < 1.29 is 8.42 Å². The average molecular weight is 513 g/mol. The molecule has 0 unspecified atom stereocenters. The predicted octanol–water partition coefficient (Wildman–Crippen LogP) is 1.82. The Bertz CT molecular complexity index is 1480. The SMILES string of the molecule is CS(=O)(=O)N1CCC(Nc2ncc3ccc(=O)n(Cc4ccc(Sn5cncn5)cc4)c3n2)CC1. The third-order valence-electron chi connectivity index (χ3n) is 5.84. The maximum Gasteiger partial charge on any atom is 0.252 e. The molecule has 13 heteroatoms. The molecule has 4 heterocycles. The minimum atomic E-state index is -3.18. The van der Waals surface area contributed by atoms with Gasteiger partial charge in [-0.3, -0.25) is 9.36 Å². The summed E-state index contributed by atoms with van der Waals surface area (Å²) in [5.41, 5.74) is 1.36. The fourth-order valence-electron chi connectivity index (χ4n) is 4.00. The summed E-state index contributed by atoms with van der Waals surface area (Å²) in [6, 6.07) is 11.2. The van der Waals surface area contributed by atoms with Crippen LogP contribution in [-0.4, -0.2) is 66.8 Å². The van der Waals surface area contributed by atoms with Gasteiger partial charge < -0.3 is 5.32 Å². The summed E-state index contributed by atoms with van der Waals surface area (Å²) in [6.07, 6.45) is 7.37. The molecule has 1 saturated heterocycles. The lowest BCUT2D eigenvalue weighted by Gasteiger charge is -2.30. The zero-order chi connectivity index (χ0) is 24.4. The number of hydrogen-bond acceptors (Lipinski definition) is 9. The molecule has 1 fully saturated rings. The van der Waals surface area contributed by atoms with Gasteiger partial charge in [-0.2, -0.15) is 9.07 Å². The van der Waals surface area contributed by atoms with Crippen LogP contribution < -0.4 is 10.9 Å². The molecule has 11 nitrogen and oxygen atoms in total. The van der Waals surface area contributed by atoms with Gasteiger partial charge in [0.2, 0.25) is 16.0 Å². The molecule has 1 aromatic carbocycles. The predicted molar refractivity (Wildman–Crippen MR) is 134 cm³/mol. The molecule has 0 bridgehead atoms. The van der Waals surface area contributed by atoms with Gasteiger partial charge in [0.15, 0.2) is 0 Å². The van der Waals surface area contributed by atoms with Crippen molar-refractivity contribution in [2.24, 2.45) is 0 Å². The van der Waals surface area contributed by atoms with Crippen LogP contribution in [0.3, 0.4) is 0 Å². The zero-order valence-electron chi connectivity index (χ0n) is 19.0. The van der Waals surface area contributed by atoms with E-state index in [0.29, 0.717) is 44.1 Å². The van der Waals surface area contributed by atoms with E-state index in [1.807, 2.05) is 24.3 Å². The number of piperidine rings is 1. The number of aromatic nitrogens is 6. The Balaban J connectivity index is 1.33. The Morgan fingerprint density at radius 1 is 1.11 bits per heavy atom. The zero-order valence-corrected chi connectivity index (χ0v) is 20.6. The van der Waals surface area contributed by atoms with Crippen molar-refractivity contribution in [2.75, 3.05) is 24.7 Å². The van der Waals surface area contributed by atoms with Crippen LogP contribution in [0, 0.1) is 0 Å². The van der Waals surface area contributed by atoms with E-state index in [-0.39, 0.29) is 11.6 Å². The Kier molecular flexibility index (Phi) is 6.54. The van der Waals surface area contributed by atoms with E-state index in [2.05, 4.69) is 25.4 Å². The summed E-state index contributed by atoms with van der Waals surface area (Å²) >= 11 is 1.44. The first kappa shape index (κ1) is 23.5. The number of pyridine rings is 1. The maximum atomic E-state index is 12.7. The number of anilines is 1. The van der Waals surface area contributed by atoms with Crippen LogP contribution in [0.2, 0.25) is 0 Å². The molecule has 0 spiro atoms. The number of nitrogens with zero attached hydrogens (tertiary/aromatic N) is 7. The molecule has 0 saturated carbocycles. The number of hydrogen-bond donors (Lipinski definition) is 1. The smallest absolute Gasteiger partial charge is 0.252 e. The highest BCUT2D eigenvalue weighted by Crippen LogP contribution is 2.21. The standard InChI is InChI=1S/C22H24N8O3S2/c1-35(32,33)28-10-8-18(9-11-28)26-22-24-12-17-4-7-20(31)29(21(17)27-22)13-16-2-5-19(6-3-16)34-30-15-23-14-25-30/h2-7,12,14-15,18H,8-11,13H2,1H3,(H,24,26,27). The topological polar surface area (TPSA) is 128 Å². The highest BCUT2D eigenvalue weighted by molar-refractivity contribution is 7.97. The third-order valence-corrected chi connectivity index (χ3v) is 8.00. The summed E-state index contributed by atoms with van der Waals surface area (Å²) < 4.78 is 28.3. The first-order valence-electron chi connectivity index (χ1n) is 11.1. The van der Waals surface area contributed by atoms with Crippen molar-refractivity contribution in [3.05, 3.63) is 71.2 Å². The summed E-state index contributed by atoms with van der Waals surface area (Å²) in [4.78, 5) is 26.7. The molecule has 5 rings (SSSR count). The molecule has 0 aliphatic carbocycles. The molecule has 182 valence electrons. The molecule has 0 amide bonds.